The number of hydrogen-bond acceptors (Lipinski definition) is 3. The summed E-state index contributed by atoms with van der Waals surface area (Å²) in [6.07, 6.45) is 6.26. The molecular formula is C10H9NO3. The molecule has 72 valence electrons. The van der Waals surface area contributed by atoms with Gasteiger partial charge in [0.15, 0.2) is 0 Å². The van der Waals surface area contributed by atoms with Gasteiger partial charge in [-0.25, -0.2) is 4.79 Å². The molecule has 1 aromatic heterocycles. The van der Waals surface area contributed by atoms with Crippen molar-refractivity contribution in [1.82, 2.24) is 4.98 Å². The van der Waals surface area contributed by atoms with Crippen molar-refractivity contribution in [3.63, 3.8) is 0 Å². The van der Waals surface area contributed by atoms with Gasteiger partial charge in [-0.15, -0.1) is 6.42 Å². The second-order valence-corrected chi connectivity index (χ2v) is 2.62. The molecule has 0 radical (unpaired) electrons. The van der Waals surface area contributed by atoms with E-state index in [1.54, 1.807) is 13.0 Å². The monoisotopic (exact) mass is 191 g/mol. The van der Waals surface area contributed by atoms with Crippen molar-refractivity contribution < 1.29 is 14.6 Å². The average Bonchev–Trinajstić information content (AvgIpc) is 2.14. The summed E-state index contributed by atoms with van der Waals surface area (Å²) in [6.45, 7) is 1.79. The van der Waals surface area contributed by atoms with Gasteiger partial charge in [0.1, 0.15) is 17.9 Å². The summed E-state index contributed by atoms with van der Waals surface area (Å²) >= 11 is 0. The van der Waals surface area contributed by atoms with Gasteiger partial charge >= 0.3 is 5.97 Å². The predicted octanol–water partition coefficient (Wildman–Crippen LogP) is 1.10. The van der Waals surface area contributed by atoms with Crippen molar-refractivity contribution in [2.24, 2.45) is 0 Å². The lowest BCUT2D eigenvalue weighted by Gasteiger charge is -2.06. The van der Waals surface area contributed by atoms with Crippen molar-refractivity contribution >= 4 is 5.97 Å². The zero-order valence-electron chi connectivity index (χ0n) is 7.65. The quantitative estimate of drug-likeness (QED) is 0.727. The minimum Gasteiger partial charge on any atom is -0.480 e. The molecule has 0 bridgehead atoms. The molecular weight excluding hydrogens is 182 g/mol. The Morgan fingerprint density at radius 2 is 2.50 bits per heavy atom. The first-order valence-electron chi connectivity index (χ1n) is 3.91. The molecule has 0 aliphatic rings. The van der Waals surface area contributed by atoms with Crippen LogP contribution in [0.3, 0.4) is 0 Å². The molecule has 4 heteroatoms. The topological polar surface area (TPSA) is 59.4 Å². The first-order valence-corrected chi connectivity index (χ1v) is 3.91. The van der Waals surface area contributed by atoms with E-state index in [1.807, 2.05) is 0 Å². The summed E-state index contributed by atoms with van der Waals surface area (Å²) in [4.78, 5) is 14.6. The maximum absolute atomic E-state index is 10.7. The summed E-state index contributed by atoms with van der Waals surface area (Å²) in [7, 11) is 0. The molecule has 14 heavy (non-hydrogen) atoms. The molecule has 0 amide bonds. The largest absolute Gasteiger partial charge is 0.480 e. The van der Waals surface area contributed by atoms with Crippen LogP contribution in [-0.4, -0.2) is 22.7 Å². The van der Waals surface area contributed by atoms with Gasteiger partial charge in [-0.05, 0) is 6.92 Å². The first kappa shape index (κ1) is 10.1. The van der Waals surface area contributed by atoms with E-state index in [9.17, 15) is 4.79 Å². The molecule has 0 aliphatic heterocycles. The van der Waals surface area contributed by atoms with E-state index in [0.717, 1.165) is 0 Å². The van der Waals surface area contributed by atoms with Gasteiger partial charge < -0.3 is 9.84 Å². The Bertz CT molecular complexity index is 393. The first-order chi connectivity index (χ1) is 6.65. The van der Waals surface area contributed by atoms with E-state index in [0.29, 0.717) is 5.69 Å². The minimum atomic E-state index is -1.08. The highest BCUT2D eigenvalue weighted by molar-refractivity contribution is 5.90. The van der Waals surface area contributed by atoms with Crippen LogP contribution in [0.15, 0.2) is 12.3 Å². The number of carbonyl (C=O) groups is 1. The number of aromatic carboxylic acids is 1. The van der Waals surface area contributed by atoms with E-state index in [-0.39, 0.29) is 17.9 Å². The Kier molecular flexibility index (Phi) is 3.08. The highest BCUT2D eigenvalue weighted by Crippen LogP contribution is 2.18. The van der Waals surface area contributed by atoms with E-state index in [4.69, 9.17) is 16.3 Å². The van der Waals surface area contributed by atoms with Crippen molar-refractivity contribution in [3.05, 3.63) is 23.5 Å². The number of carboxylic acids is 1. The Morgan fingerprint density at radius 1 is 1.79 bits per heavy atom. The minimum absolute atomic E-state index is 0.0193. The van der Waals surface area contributed by atoms with Gasteiger partial charge in [0, 0.05) is 18.0 Å². The van der Waals surface area contributed by atoms with Gasteiger partial charge in [-0.1, -0.05) is 5.92 Å². The Morgan fingerprint density at radius 3 is 3.07 bits per heavy atom. The number of ether oxygens (including phenoxy) is 1. The molecule has 0 saturated heterocycles. The number of aryl methyl sites for hydroxylation is 1. The van der Waals surface area contributed by atoms with Crippen molar-refractivity contribution in [3.8, 4) is 18.1 Å². The molecule has 0 unspecified atom stereocenters. The normalized spacial score (nSPS) is 9.14. The Balaban J connectivity index is 3.04. The van der Waals surface area contributed by atoms with Crippen LogP contribution < -0.4 is 4.74 Å². The van der Waals surface area contributed by atoms with E-state index in [1.165, 1.54) is 6.20 Å². The van der Waals surface area contributed by atoms with Gasteiger partial charge in [0.05, 0.1) is 0 Å². The van der Waals surface area contributed by atoms with Gasteiger partial charge in [0.25, 0.3) is 0 Å². The standard InChI is InChI=1S/C10H9NO3/c1-3-4-14-9-5-7(2)11-6-8(9)10(12)13/h1,5-6H,4H2,2H3,(H,12,13). The van der Waals surface area contributed by atoms with E-state index in [2.05, 4.69) is 10.9 Å². The van der Waals surface area contributed by atoms with Crippen LogP contribution in [0.2, 0.25) is 0 Å². The third kappa shape index (κ3) is 2.23. The van der Waals surface area contributed by atoms with Gasteiger partial charge in [0.2, 0.25) is 0 Å². The molecule has 1 N–H and O–H groups in total. The molecule has 0 aliphatic carbocycles. The molecule has 1 heterocycles. The summed E-state index contributed by atoms with van der Waals surface area (Å²) in [5.41, 5.74) is 0.702. The lowest BCUT2D eigenvalue weighted by molar-refractivity contribution is 0.0692. The summed E-state index contributed by atoms with van der Waals surface area (Å²) in [6, 6.07) is 1.54. The van der Waals surface area contributed by atoms with Crippen LogP contribution >= 0.6 is 0 Å². The molecule has 0 saturated carbocycles. The number of terminal acetylenes is 1. The molecule has 1 rings (SSSR count). The third-order valence-electron chi connectivity index (χ3n) is 1.54. The number of hydrogen-bond donors (Lipinski definition) is 1. The molecule has 0 atom stereocenters. The number of carboxylic acid groups (broad SMARTS) is 1. The molecule has 0 spiro atoms. The maximum Gasteiger partial charge on any atom is 0.341 e. The fraction of sp³-hybridized carbons (Fsp3) is 0.200. The van der Waals surface area contributed by atoms with Crippen molar-refractivity contribution in [2.75, 3.05) is 6.61 Å². The smallest absolute Gasteiger partial charge is 0.341 e. The van der Waals surface area contributed by atoms with Crippen LogP contribution in [0.4, 0.5) is 0 Å². The summed E-state index contributed by atoms with van der Waals surface area (Å²) < 4.78 is 5.07. The van der Waals surface area contributed by atoms with Gasteiger partial charge in [-0.3, -0.25) is 4.98 Å². The SMILES string of the molecule is C#CCOc1cc(C)ncc1C(=O)O. The highest BCUT2D eigenvalue weighted by Gasteiger charge is 2.11. The summed E-state index contributed by atoms with van der Waals surface area (Å²) in [5, 5.41) is 8.78. The van der Waals surface area contributed by atoms with E-state index >= 15 is 0 Å². The highest BCUT2D eigenvalue weighted by atomic mass is 16.5. The number of aromatic nitrogens is 1. The van der Waals surface area contributed by atoms with Crippen LogP contribution in [0.25, 0.3) is 0 Å². The average molecular weight is 191 g/mol. The number of nitrogens with zero attached hydrogens (tertiary/aromatic N) is 1. The van der Waals surface area contributed by atoms with Gasteiger partial charge in [-0.2, -0.15) is 0 Å². The fourth-order valence-electron chi connectivity index (χ4n) is 0.934. The lowest BCUT2D eigenvalue weighted by Crippen LogP contribution is -2.04. The Hall–Kier alpha value is -2.02. The zero-order chi connectivity index (χ0) is 10.6. The van der Waals surface area contributed by atoms with Crippen LogP contribution in [0, 0.1) is 19.3 Å². The van der Waals surface area contributed by atoms with Crippen molar-refractivity contribution in [1.29, 1.82) is 0 Å². The second-order valence-electron chi connectivity index (χ2n) is 2.62. The van der Waals surface area contributed by atoms with E-state index < -0.39 is 5.97 Å². The lowest BCUT2D eigenvalue weighted by atomic mass is 10.2. The zero-order valence-corrected chi connectivity index (χ0v) is 7.65. The second kappa shape index (κ2) is 4.28. The molecule has 0 fully saturated rings. The predicted molar refractivity (Wildman–Crippen MR) is 50.3 cm³/mol. The number of pyridine rings is 1. The van der Waals surface area contributed by atoms with Crippen LogP contribution in [0.5, 0.6) is 5.75 Å². The molecule has 1 aromatic rings. The van der Waals surface area contributed by atoms with Crippen LogP contribution in [0.1, 0.15) is 16.1 Å². The maximum atomic E-state index is 10.7. The molecule has 4 nitrogen and oxygen atoms in total. The molecule has 0 aromatic carbocycles. The Labute approximate surface area is 81.5 Å². The fourth-order valence-corrected chi connectivity index (χ4v) is 0.934. The third-order valence-corrected chi connectivity index (χ3v) is 1.54. The van der Waals surface area contributed by atoms with Crippen LogP contribution in [-0.2, 0) is 0 Å². The number of rotatable bonds is 3. The van der Waals surface area contributed by atoms with Crippen molar-refractivity contribution in [2.45, 2.75) is 6.92 Å². The summed E-state index contributed by atoms with van der Waals surface area (Å²) in [5.74, 6) is 1.44.